The van der Waals surface area contributed by atoms with Crippen molar-refractivity contribution in [3.8, 4) is 10.6 Å². The molecular weight excluding hydrogens is 349 g/mol. The normalized spacial score (nSPS) is 11.0. The number of hydrogen-bond donors (Lipinski definition) is 0. The van der Waals surface area contributed by atoms with Crippen LogP contribution in [0.15, 0.2) is 48.5 Å². The van der Waals surface area contributed by atoms with Gasteiger partial charge < -0.3 is 0 Å². The lowest BCUT2D eigenvalue weighted by Crippen LogP contribution is -2.34. The van der Waals surface area contributed by atoms with E-state index in [2.05, 4.69) is 10.2 Å². The Labute approximate surface area is 156 Å². The van der Waals surface area contributed by atoms with Gasteiger partial charge in [0.15, 0.2) is 0 Å². The molecule has 4 nitrogen and oxygen atoms in total. The molecule has 2 aromatic carbocycles. The molecule has 0 saturated heterocycles. The van der Waals surface area contributed by atoms with Crippen molar-refractivity contribution in [2.45, 2.75) is 20.8 Å². The summed E-state index contributed by atoms with van der Waals surface area (Å²) in [7, 11) is 0. The van der Waals surface area contributed by atoms with Gasteiger partial charge in [-0.15, -0.1) is 10.2 Å². The van der Waals surface area contributed by atoms with Crippen LogP contribution in [0.1, 0.15) is 29.8 Å². The Balaban J connectivity index is 1.95. The van der Waals surface area contributed by atoms with Crippen LogP contribution in [0.4, 0.5) is 9.52 Å². The van der Waals surface area contributed by atoms with E-state index in [-0.39, 0.29) is 17.6 Å². The molecular formula is C20H20FN3OS. The van der Waals surface area contributed by atoms with Gasteiger partial charge in [-0.2, -0.15) is 0 Å². The van der Waals surface area contributed by atoms with Gasteiger partial charge in [0.25, 0.3) is 5.91 Å². The molecule has 0 fully saturated rings. The standard InChI is InChI=1S/C20H20FN3OS/c1-13(2)12-24(19(25)15-8-10-16(21)11-9-15)20-23-22-18(26-20)17-7-5-4-6-14(17)3/h4-11,13H,12H2,1-3H3. The lowest BCUT2D eigenvalue weighted by atomic mass is 10.1. The summed E-state index contributed by atoms with van der Waals surface area (Å²) in [5.74, 6) is -0.314. The van der Waals surface area contributed by atoms with E-state index in [1.54, 1.807) is 4.90 Å². The molecule has 3 aromatic rings. The van der Waals surface area contributed by atoms with Gasteiger partial charge in [-0.1, -0.05) is 49.4 Å². The van der Waals surface area contributed by atoms with Gasteiger partial charge in [0.2, 0.25) is 5.13 Å². The van der Waals surface area contributed by atoms with Crippen LogP contribution in [0.2, 0.25) is 0 Å². The van der Waals surface area contributed by atoms with Crippen molar-refractivity contribution in [1.82, 2.24) is 10.2 Å². The molecule has 134 valence electrons. The summed E-state index contributed by atoms with van der Waals surface area (Å²) >= 11 is 1.39. The number of carbonyl (C=O) groups is 1. The fraction of sp³-hybridized carbons (Fsp3) is 0.250. The van der Waals surface area contributed by atoms with Crippen molar-refractivity contribution in [1.29, 1.82) is 0 Å². The maximum absolute atomic E-state index is 13.2. The monoisotopic (exact) mass is 369 g/mol. The van der Waals surface area contributed by atoms with E-state index in [0.29, 0.717) is 17.2 Å². The molecule has 0 bridgehead atoms. The van der Waals surface area contributed by atoms with Crippen LogP contribution in [0, 0.1) is 18.7 Å². The highest BCUT2D eigenvalue weighted by molar-refractivity contribution is 7.18. The molecule has 0 spiro atoms. The van der Waals surface area contributed by atoms with Crippen molar-refractivity contribution in [2.24, 2.45) is 5.92 Å². The van der Waals surface area contributed by atoms with Gasteiger partial charge in [-0.25, -0.2) is 4.39 Å². The SMILES string of the molecule is Cc1ccccc1-c1nnc(N(CC(C)C)C(=O)c2ccc(F)cc2)s1. The van der Waals surface area contributed by atoms with Gasteiger partial charge >= 0.3 is 0 Å². The Hall–Kier alpha value is -2.60. The zero-order valence-corrected chi connectivity index (χ0v) is 15.8. The molecule has 0 atom stereocenters. The van der Waals surface area contributed by atoms with Crippen LogP contribution in [-0.2, 0) is 0 Å². The highest BCUT2D eigenvalue weighted by Gasteiger charge is 2.23. The molecule has 0 aliphatic rings. The summed E-state index contributed by atoms with van der Waals surface area (Å²) < 4.78 is 13.2. The number of halogens is 1. The van der Waals surface area contributed by atoms with E-state index in [0.717, 1.165) is 16.1 Å². The summed E-state index contributed by atoms with van der Waals surface area (Å²) in [5, 5.41) is 9.86. The first-order chi connectivity index (χ1) is 12.5. The molecule has 1 amide bonds. The van der Waals surface area contributed by atoms with Crippen molar-refractivity contribution in [3.05, 3.63) is 65.5 Å². The summed E-state index contributed by atoms with van der Waals surface area (Å²) in [6.07, 6.45) is 0. The van der Waals surface area contributed by atoms with Crippen LogP contribution in [0.5, 0.6) is 0 Å². The molecule has 0 unspecified atom stereocenters. The lowest BCUT2D eigenvalue weighted by Gasteiger charge is -2.21. The highest BCUT2D eigenvalue weighted by Crippen LogP contribution is 2.31. The number of carbonyl (C=O) groups excluding carboxylic acids is 1. The zero-order chi connectivity index (χ0) is 18.7. The zero-order valence-electron chi connectivity index (χ0n) is 14.9. The molecule has 0 aliphatic heterocycles. The van der Waals surface area contributed by atoms with E-state index in [9.17, 15) is 9.18 Å². The van der Waals surface area contributed by atoms with Crippen LogP contribution >= 0.6 is 11.3 Å². The van der Waals surface area contributed by atoms with E-state index in [1.807, 2.05) is 45.0 Å². The van der Waals surface area contributed by atoms with Crippen molar-refractivity contribution in [2.75, 3.05) is 11.4 Å². The van der Waals surface area contributed by atoms with Crippen LogP contribution < -0.4 is 4.90 Å². The molecule has 0 radical (unpaired) electrons. The first-order valence-electron chi connectivity index (χ1n) is 8.42. The van der Waals surface area contributed by atoms with Crippen molar-refractivity contribution in [3.63, 3.8) is 0 Å². The molecule has 1 heterocycles. The van der Waals surface area contributed by atoms with Crippen molar-refractivity contribution < 1.29 is 9.18 Å². The molecule has 6 heteroatoms. The van der Waals surface area contributed by atoms with Crippen LogP contribution in [0.3, 0.4) is 0 Å². The fourth-order valence-corrected chi connectivity index (χ4v) is 3.55. The Bertz CT molecular complexity index is 905. The molecule has 0 aliphatic carbocycles. The second-order valence-corrected chi connectivity index (χ2v) is 7.48. The molecule has 3 rings (SSSR count). The topological polar surface area (TPSA) is 46.1 Å². The van der Waals surface area contributed by atoms with Gasteiger partial charge in [-0.05, 0) is 42.7 Å². The third kappa shape index (κ3) is 3.96. The molecule has 26 heavy (non-hydrogen) atoms. The summed E-state index contributed by atoms with van der Waals surface area (Å²) in [4.78, 5) is 14.6. The number of hydrogen-bond acceptors (Lipinski definition) is 4. The maximum atomic E-state index is 13.2. The number of amides is 1. The van der Waals surface area contributed by atoms with Crippen LogP contribution in [0.25, 0.3) is 10.6 Å². The minimum atomic E-state index is -0.366. The van der Waals surface area contributed by atoms with Crippen LogP contribution in [-0.4, -0.2) is 22.6 Å². The number of rotatable bonds is 5. The maximum Gasteiger partial charge on any atom is 0.260 e. The first kappa shape index (κ1) is 18.2. The third-order valence-electron chi connectivity index (χ3n) is 3.90. The fourth-order valence-electron chi connectivity index (χ4n) is 2.61. The lowest BCUT2D eigenvalue weighted by molar-refractivity contribution is 0.0983. The van der Waals surface area contributed by atoms with E-state index in [1.165, 1.54) is 35.6 Å². The van der Waals surface area contributed by atoms with Gasteiger partial charge in [0, 0.05) is 17.7 Å². The summed E-state index contributed by atoms with van der Waals surface area (Å²) in [5.41, 5.74) is 2.55. The Morgan fingerprint density at radius 2 is 1.81 bits per heavy atom. The smallest absolute Gasteiger partial charge is 0.260 e. The minimum absolute atomic E-state index is 0.203. The van der Waals surface area contributed by atoms with Gasteiger partial charge in [-0.3, -0.25) is 9.69 Å². The predicted molar refractivity (Wildman–Crippen MR) is 103 cm³/mol. The van der Waals surface area contributed by atoms with E-state index in [4.69, 9.17) is 0 Å². The molecule has 1 aromatic heterocycles. The number of anilines is 1. The average Bonchev–Trinajstić information content (AvgIpc) is 3.09. The second kappa shape index (κ2) is 7.74. The van der Waals surface area contributed by atoms with Gasteiger partial charge in [0.1, 0.15) is 10.8 Å². The predicted octanol–water partition coefficient (Wildman–Crippen LogP) is 4.96. The first-order valence-corrected chi connectivity index (χ1v) is 9.24. The minimum Gasteiger partial charge on any atom is -0.282 e. The Morgan fingerprint density at radius 3 is 2.46 bits per heavy atom. The highest BCUT2D eigenvalue weighted by atomic mass is 32.1. The molecule has 0 N–H and O–H groups in total. The number of nitrogens with zero attached hydrogens (tertiary/aromatic N) is 3. The number of benzene rings is 2. The number of aryl methyl sites for hydroxylation is 1. The quantitative estimate of drug-likeness (QED) is 0.639. The molecule has 0 saturated carbocycles. The number of aromatic nitrogens is 2. The summed E-state index contributed by atoms with van der Waals surface area (Å²) in [6.45, 7) is 6.60. The van der Waals surface area contributed by atoms with E-state index < -0.39 is 0 Å². The average molecular weight is 369 g/mol. The second-order valence-electron chi connectivity index (χ2n) is 6.52. The van der Waals surface area contributed by atoms with Gasteiger partial charge in [0.05, 0.1) is 0 Å². The van der Waals surface area contributed by atoms with Crippen molar-refractivity contribution >= 4 is 22.4 Å². The largest absolute Gasteiger partial charge is 0.282 e. The Kier molecular flexibility index (Phi) is 5.42. The third-order valence-corrected chi connectivity index (χ3v) is 4.88. The van der Waals surface area contributed by atoms with E-state index >= 15 is 0 Å². The summed E-state index contributed by atoms with van der Waals surface area (Å²) in [6, 6.07) is 13.5. The Morgan fingerprint density at radius 1 is 1.12 bits per heavy atom.